The Kier molecular flexibility index (Phi) is 6.29. The highest BCUT2D eigenvalue weighted by Gasteiger charge is 2.14. The number of nitrogens with zero attached hydrogens (tertiary/aromatic N) is 1. The third-order valence-electron chi connectivity index (χ3n) is 3.41. The standard InChI is InChI=1S/C18H19ClN2O2S/c1-12-8-9-13(10-15(12)19)20-18(23)14-6-4-5-7-16(14)24-11-17(22)21(2)3/h4-10H,11H2,1-3H3,(H,20,23). The molecule has 0 radical (unpaired) electrons. The molecule has 0 heterocycles. The van der Waals surface area contributed by atoms with Gasteiger partial charge in [0.1, 0.15) is 0 Å². The number of hydrogen-bond donors (Lipinski definition) is 1. The molecule has 0 bridgehead atoms. The lowest BCUT2D eigenvalue weighted by atomic mass is 10.2. The number of hydrogen-bond acceptors (Lipinski definition) is 3. The molecule has 0 saturated heterocycles. The fourth-order valence-corrected chi connectivity index (χ4v) is 3.13. The maximum absolute atomic E-state index is 12.5. The number of nitrogens with one attached hydrogen (secondary N) is 1. The minimum atomic E-state index is -0.227. The van der Waals surface area contributed by atoms with Crippen molar-refractivity contribution in [3.8, 4) is 0 Å². The zero-order valence-electron chi connectivity index (χ0n) is 13.8. The van der Waals surface area contributed by atoms with E-state index >= 15 is 0 Å². The topological polar surface area (TPSA) is 49.4 Å². The highest BCUT2D eigenvalue weighted by molar-refractivity contribution is 8.00. The molecule has 2 rings (SSSR count). The Morgan fingerprint density at radius 2 is 1.88 bits per heavy atom. The Labute approximate surface area is 151 Å². The average Bonchev–Trinajstić information content (AvgIpc) is 2.56. The molecule has 24 heavy (non-hydrogen) atoms. The number of thioether (sulfide) groups is 1. The summed E-state index contributed by atoms with van der Waals surface area (Å²) in [6, 6.07) is 12.6. The summed E-state index contributed by atoms with van der Waals surface area (Å²) in [5.74, 6) is 0.0593. The van der Waals surface area contributed by atoms with Gasteiger partial charge in [-0.1, -0.05) is 29.8 Å². The second kappa shape index (κ2) is 8.22. The molecule has 0 aliphatic rings. The van der Waals surface area contributed by atoms with Gasteiger partial charge in [0.25, 0.3) is 5.91 Å². The highest BCUT2D eigenvalue weighted by Crippen LogP contribution is 2.25. The Balaban J connectivity index is 2.14. The van der Waals surface area contributed by atoms with Crippen LogP contribution in [0.3, 0.4) is 0 Å². The fraction of sp³-hybridized carbons (Fsp3) is 0.222. The van der Waals surface area contributed by atoms with Crippen LogP contribution in [0.25, 0.3) is 0 Å². The molecular weight excluding hydrogens is 344 g/mol. The molecular formula is C18H19ClN2O2S. The lowest BCUT2D eigenvalue weighted by Crippen LogP contribution is -2.23. The van der Waals surface area contributed by atoms with Gasteiger partial charge in [-0.2, -0.15) is 0 Å². The van der Waals surface area contributed by atoms with Crippen molar-refractivity contribution in [3.05, 3.63) is 58.6 Å². The van der Waals surface area contributed by atoms with Crippen LogP contribution in [0.1, 0.15) is 15.9 Å². The third kappa shape index (κ3) is 4.76. The van der Waals surface area contributed by atoms with Gasteiger partial charge in [-0.05, 0) is 36.8 Å². The SMILES string of the molecule is Cc1ccc(NC(=O)c2ccccc2SCC(=O)N(C)C)cc1Cl. The molecule has 0 fully saturated rings. The first-order valence-electron chi connectivity index (χ1n) is 7.38. The van der Waals surface area contributed by atoms with E-state index in [0.29, 0.717) is 16.3 Å². The van der Waals surface area contributed by atoms with Crippen LogP contribution < -0.4 is 5.32 Å². The van der Waals surface area contributed by atoms with Crippen molar-refractivity contribution in [2.45, 2.75) is 11.8 Å². The van der Waals surface area contributed by atoms with Crippen LogP contribution in [0.2, 0.25) is 5.02 Å². The van der Waals surface area contributed by atoms with E-state index in [-0.39, 0.29) is 17.6 Å². The van der Waals surface area contributed by atoms with Gasteiger partial charge >= 0.3 is 0 Å². The van der Waals surface area contributed by atoms with Crippen LogP contribution in [0.4, 0.5) is 5.69 Å². The van der Waals surface area contributed by atoms with Crippen molar-refractivity contribution in [2.75, 3.05) is 25.2 Å². The molecule has 6 heteroatoms. The molecule has 0 saturated carbocycles. The van der Waals surface area contributed by atoms with Gasteiger partial charge in [-0.25, -0.2) is 0 Å². The number of aryl methyl sites for hydroxylation is 1. The molecule has 0 unspecified atom stereocenters. The molecule has 0 aliphatic carbocycles. The van der Waals surface area contributed by atoms with Gasteiger partial charge < -0.3 is 10.2 Å². The fourth-order valence-electron chi connectivity index (χ4n) is 1.92. The van der Waals surface area contributed by atoms with Crippen molar-refractivity contribution >= 4 is 40.9 Å². The van der Waals surface area contributed by atoms with Crippen LogP contribution >= 0.6 is 23.4 Å². The van der Waals surface area contributed by atoms with Crippen LogP contribution in [0.5, 0.6) is 0 Å². The second-order valence-electron chi connectivity index (χ2n) is 5.49. The van der Waals surface area contributed by atoms with E-state index in [2.05, 4.69) is 5.32 Å². The largest absolute Gasteiger partial charge is 0.348 e. The van der Waals surface area contributed by atoms with Gasteiger partial charge in [-0.3, -0.25) is 9.59 Å². The van der Waals surface area contributed by atoms with Crippen molar-refractivity contribution in [3.63, 3.8) is 0 Å². The van der Waals surface area contributed by atoms with Crippen molar-refractivity contribution in [2.24, 2.45) is 0 Å². The predicted octanol–water partition coefficient (Wildman–Crippen LogP) is 4.08. The van der Waals surface area contributed by atoms with Crippen LogP contribution in [-0.2, 0) is 4.79 Å². The average molecular weight is 363 g/mol. The van der Waals surface area contributed by atoms with E-state index in [9.17, 15) is 9.59 Å². The maximum Gasteiger partial charge on any atom is 0.256 e. The van der Waals surface area contributed by atoms with Crippen molar-refractivity contribution in [1.29, 1.82) is 0 Å². The predicted molar refractivity (Wildman–Crippen MR) is 100 cm³/mol. The molecule has 0 atom stereocenters. The molecule has 4 nitrogen and oxygen atoms in total. The highest BCUT2D eigenvalue weighted by atomic mass is 35.5. The minimum Gasteiger partial charge on any atom is -0.348 e. The van der Waals surface area contributed by atoms with Crippen LogP contribution in [-0.4, -0.2) is 36.6 Å². The maximum atomic E-state index is 12.5. The molecule has 126 valence electrons. The summed E-state index contributed by atoms with van der Waals surface area (Å²) in [5.41, 5.74) is 2.12. The minimum absolute atomic E-state index is 0.000489. The Hall–Kier alpha value is -1.98. The zero-order chi connectivity index (χ0) is 17.7. The first kappa shape index (κ1) is 18.4. The van der Waals surface area contributed by atoms with Gasteiger partial charge in [0.15, 0.2) is 0 Å². The monoisotopic (exact) mass is 362 g/mol. The summed E-state index contributed by atoms with van der Waals surface area (Å²) in [6.07, 6.45) is 0. The van der Waals surface area contributed by atoms with E-state index in [4.69, 9.17) is 11.6 Å². The lowest BCUT2D eigenvalue weighted by Gasteiger charge is -2.12. The molecule has 2 aromatic rings. The number of anilines is 1. The van der Waals surface area contributed by atoms with E-state index in [1.54, 1.807) is 32.3 Å². The molecule has 2 aromatic carbocycles. The Morgan fingerprint density at radius 3 is 2.54 bits per heavy atom. The normalized spacial score (nSPS) is 10.3. The lowest BCUT2D eigenvalue weighted by molar-refractivity contribution is -0.125. The number of carbonyl (C=O) groups is 2. The number of rotatable bonds is 5. The second-order valence-corrected chi connectivity index (χ2v) is 6.92. The smallest absolute Gasteiger partial charge is 0.256 e. The van der Waals surface area contributed by atoms with Gasteiger partial charge in [0, 0.05) is 29.7 Å². The Bertz CT molecular complexity index is 762. The zero-order valence-corrected chi connectivity index (χ0v) is 15.4. The summed E-state index contributed by atoms with van der Waals surface area (Å²) in [4.78, 5) is 26.6. The summed E-state index contributed by atoms with van der Waals surface area (Å²) in [6.45, 7) is 1.90. The summed E-state index contributed by atoms with van der Waals surface area (Å²) in [7, 11) is 3.42. The molecule has 1 N–H and O–H groups in total. The summed E-state index contributed by atoms with van der Waals surface area (Å²) < 4.78 is 0. The molecule has 2 amide bonds. The number of amides is 2. The first-order chi connectivity index (χ1) is 11.4. The van der Waals surface area contributed by atoms with Gasteiger partial charge in [0.05, 0.1) is 11.3 Å². The van der Waals surface area contributed by atoms with E-state index in [0.717, 1.165) is 10.5 Å². The van der Waals surface area contributed by atoms with E-state index in [1.165, 1.54) is 16.7 Å². The number of carbonyl (C=O) groups excluding carboxylic acids is 2. The number of benzene rings is 2. The number of halogens is 1. The quantitative estimate of drug-likeness (QED) is 0.815. The molecule has 0 spiro atoms. The van der Waals surface area contributed by atoms with Crippen molar-refractivity contribution in [1.82, 2.24) is 4.90 Å². The van der Waals surface area contributed by atoms with Crippen LogP contribution in [0, 0.1) is 6.92 Å². The first-order valence-corrected chi connectivity index (χ1v) is 8.74. The summed E-state index contributed by atoms with van der Waals surface area (Å²) in [5, 5.41) is 3.45. The van der Waals surface area contributed by atoms with Crippen molar-refractivity contribution < 1.29 is 9.59 Å². The summed E-state index contributed by atoms with van der Waals surface area (Å²) >= 11 is 7.44. The van der Waals surface area contributed by atoms with Gasteiger partial charge in [0.2, 0.25) is 5.91 Å². The molecule has 0 aliphatic heterocycles. The molecule has 0 aromatic heterocycles. The van der Waals surface area contributed by atoms with E-state index < -0.39 is 0 Å². The van der Waals surface area contributed by atoms with Crippen LogP contribution in [0.15, 0.2) is 47.4 Å². The van der Waals surface area contributed by atoms with E-state index in [1.807, 2.05) is 31.2 Å². The van der Waals surface area contributed by atoms with Gasteiger partial charge in [-0.15, -0.1) is 11.8 Å². The Morgan fingerprint density at radius 1 is 1.17 bits per heavy atom. The third-order valence-corrected chi connectivity index (χ3v) is 4.88.